The van der Waals surface area contributed by atoms with Crippen LogP contribution in [0.1, 0.15) is 65.7 Å². The van der Waals surface area contributed by atoms with Crippen molar-refractivity contribution in [2.45, 2.75) is 93.3 Å². The first-order valence-corrected chi connectivity index (χ1v) is 12.7. The number of nitrogens with zero attached hydrogens (tertiary/aromatic N) is 1. The van der Waals surface area contributed by atoms with Gasteiger partial charge in [-0.2, -0.15) is 0 Å². The van der Waals surface area contributed by atoms with E-state index in [0.717, 1.165) is 38.5 Å². The molecule has 174 valence electrons. The van der Waals surface area contributed by atoms with Crippen molar-refractivity contribution < 1.29 is 19.5 Å². The highest BCUT2D eigenvalue weighted by Gasteiger charge is 2.77. The average molecular weight is 452 g/mol. The summed E-state index contributed by atoms with van der Waals surface area (Å²) in [7, 11) is 1.62. The van der Waals surface area contributed by atoms with E-state index >= 15 is 0 Å². The van der Waals surface area contributed by atoms with Gasteiger partial charge < -0.3 is 20.6 Å². The zero-order valence-electron chi connectivity index (χ0n) is 19.1. The second-order valence-corrected chi connectivity index (χ2v) is 12.3. The Bertz CT molecular complexity index is 755. The summed E-state index contributed by atoms with van der Waals surface area (Å²) >= 11 is 1.68. The quantitative estimate of drug-likeness (QED) is 0.571. The van der Waals surface area contributed by atoms with Crippen molar-refractivity contribution in [2.75, 3.05) is 13.7 Å². The molecule has 3 saturated heterocycles. The molecule has 1 spiro atoms. The van der Waals surface area contributed by atoms with Crippen molar-refractivity contribution in [3.63, 3.8) is 0 Å². The Morgan fingerprint density at radius 1 is 1.19 bits per heavy atom. The molecular weight excluding hydrogens is 414 g/mol. The monoisotopic (exact) mass is 451 g/mol. The van der Waals surface area contributed by atoms with E-state index in [1.807, 2.05) is 13.8 Å². The lowest BCUT2D eigenvalue weighted by Gasteiger charge is -2.39. The molecule has 8 heteroatoms. The minimum absolute atomic E-state index is 0.00500. The number of nitrogens with one attached hydrogen (secondary N) is 2. The molecule has 3 aliphatic heterocycles. The first kappa shape index (κ1) is 22.9. The third kappa shape index (κ3) is 3.39. The fourth-order valence-electron chi connectivity index (χ4n) is 6.72. The number of amides is 3. The van der Waals surface area contributed by atoms with Crippen LogP contribution in [0.4, 0.5) is 0 Å². The Hall–Kier alpha value is -1.28. The molecular formula is C23H37N3O4S. The van der Waals surface area contributed by atoms with Crippen molar-refractivity contribution in [1.82, 2.24) is 15.5 Å². The van der Waals surface area contributed by atoms with Gasteiger partial charge in [0.2, 0.25) is 17.7 Å². The van der Waals surface area contributed by atoms with Gasteiger partial charge in [-0.05, 0) is 38.5 Å². The Morgan fingerprint density at radius 3 is 2.45 bits per heavy atom. The van der Waals surface area contributed by atoms with Crippen molar-refractivity contribution in [3.05, 3.63) is 0 Å². The molecule has 0 radical (unpaired) electrons. The lowest BCUT2D eigenvalue weighted by molar-refractivity contribution is -0.144. The first-order chi connectivity index (χ1) is 14.7. The van der Waals surface area contributed by atoms with Gasteiger partial charge in [-0.25, -0.2) is 0 Å². The van der Waals surface area contributed by atoms with Gasteiger partial charge in [0.25, 0.3) is 0 Å². The van der Waals surface area contributed by atoms with Crippen molar-refractivity contribution in [1.29, 1.82) is 0 Å². The Labute approximate surface area is 189 Å². The van der Waals surface area contributed by atoms with E-state index in [1.165, 1.54) is 6.42 Å². The number of hydrogen-bond acceptors (Lipinski definition) is 5. The molecule has 3 heterocycles. The van der Waals surface area contributed by atoms with E-state index < -0.39 is 28.7 Å². The van der Waals surface area contributed by atoms with Crippen LogP contribution < -0.4 is 10.6 Å². The summed E-state index contributed by atoms with van der Waals surface area (Å²) in [6, 6.07) is -0.936. The van der Waals surface area contributed by atoms with E-state index in [0.29, 0.717) is 0 Å². The van der Waals surface area contributed by atoms with Crippen LogP contribution in [0.25, 0.3) is 0 Å². The number of likely N-dealkylation sites (tertiary alicyclic amines) is 1. The van der Waals surface area contributed by atoms with E-state index in [-0.39, 0.29) is 41.0 Å². The van der Waals surface area contributed by atoms with Gasteiger partial charge in [0.05, 0.1) is 29.2 Å². The highest BCUT2D eigenvalue weighted by Crippen LogP contribution is 2.71. The predicted molar refractivity (Wildman–Crippen MR) is 120 cm³/mol. The predicted octanol–water partition coefficient (Wildman–Crippen LogP) is 1.68. The number of fused-ring (bicyclic) bond motifs is 1. The Morgan fingerprint density at radius 2 is 1.87 bits per heavy atom. The smallest absolute Gasteiger partial charge is 0.244 e. The van der Waals surface area contributed by atoms with E-state index in [2.05, 4.69) is 17.6 Å². The number of carbonyl (C=O) groups excluding carboxylic acids is 3. The average Bonchev–Trinajstić information content (AvgIpc) is 3.30. The summed E-state index contributed by atoms with van der Waals surface area (Å²) in [5.74, 6) is -1.33. The molecule has 4 aliphatic rings. The SMILES string of the molecule is CNC(=O)[C@@H]1[C@H]2C(=O)N([C@@H](CO)C(C)C)C(C(=O)NC3CCCCC3)C23CC[C@@]1(C)S3. The molecule has 31 heavy (non-hydrogen) atoms. The summed E-state index contributed by atoms with van der Waals surface area (Å²) in [4.78, 5) is 42.3. The third-order valence-corrected chi connectivity index (χ3v) is 10.2. The van der Waals surface area contributed by atoms with Gasteiger partial charge >= 0.3 is 0 Å². The largest absolute Gasteiger partial charge is 0.394 e. The van der Waals surface area contributed by atoms with Crippen molar-refractivity contribution in [2.24, 2.45) is 17.8 Å². The Balaban J connectivity index is 1.74. The lowest BCUT2D eigenvalue weighted by atomic mass is 9.66. The maximum atomic E-state index is 13.9. The maximum Gasteiger partial charge on any atom is 0.244 e. The van der Waals surface area contributed by atoms with Gasteiger partial charge in [0.1, 0.15) is 6.04 Å². The highest BCUT2D eigenvalue weighted by molar-refractivity contribution is 8.02. The van der Waals surface area contributed by atoms with Gasteiger partial charge in [-0.15, -0.1) is 11.8 Å². The molecule has 1 saturated carbocycles. The number of aliphatic hydroxyl groups is 1. The summed E-state index contributed by atoms with van der Waals surface area (Å²) < 4.78 is -0.952. The minimum atomic E-state index is -0.645. The number of hydrogen-bond donors (Lipinski definition) is 3. The zero-order chi connectivity index (χ0) is 22.6. The molecule has 7 nitrogen and oxygen atoms in total. The minimum Gasteiger partial charge on any atom is -0.394 e. The topological polar surface area (TPSA) is 98.7 Å². The van der Waals surface area contributed by atoms with Crippen LogP contribution in [0.5, 0.6) is 0 Å². The van der Waals surface area contributed by atoms with Gasteiger partial charge in [-0.1, -0.05) is 33.1 Å². The number of aliphatic hydroxyl groups excluding tert-OH is 1. The number of thioether (sulfide) groups is 1. The van der Waals surface area contributed by atoms with E-state index in [4.69, 9.17) is 0 Å². The van der Waals surface area contributed by atoms with Gasteiger partial charge in [0, 0.05) is 17.8 Å². The molecule has 1 aliphatic carbocycles. The molecule has 0 aromatic rings. The van der Waals surface area contributed by atoms with Gasteiger partial charge in [0.15, 0.2) is 0 Å². The van der Waals surface area contributed by atoms with E-state index in [1.54, 1.807) is 23.7 Å². The number of rotatable bonds is 6. The summed E-state index contributed by atoms with van der Waals surface area (Å²) in [5.41, 5.74) is 0. The molecule has 3 amide bonds. The standard InChI is InChI=1S/C23H37N3O4S/c1-13(2)15(12-27)26-18(20(29)25-14-8-6-5-7-9-14)23-11-10-22(3,31-23)16(19(28)24-4)17(23)21(26)30/h13-18,27H,5-12H2,1-4H3,(H,24,28)(H,25,29)/t15-,16-,17-,18?,22+,23?/m0/s1. The molecule has 6 atom stereocenters. The van der Waals surface area contributed by atoms with Gasteiger partial charge in [-0.3, -0.25) is 14.4 Å². The molecule has 3 N–H and O–H groups in total. The lowest BCUT2D eigenvalue weighted by Crippen LogP contribution is -2.59. The molecule has 4 rings (SSSR count). The first-order valence-electron chi connectivity index (χ1n) is 11.9. The fraction of sp³-hybridized carbons (Fsp3) is 0.870. The zero-order valence-corrected chi connectivity index (χ0v) is 20.0. The second kappa shape index (κ2) is 8.25. The molecule has 4 fully saturated rings. The third-order valence-electron chi connectivity index (χ3n) is 8.26. The molecule has 2 bridgehead atoms. The van der Waals surface area contributed by atoms with Crippen molar-refractivity contribution >= 4 is 29.5 Å². The Kier molecular flexibility index (Phi) is 6.09. The van der Waals surface area contributed by atoms with Crippen LogP contribution in [0.3, 0.4) is 0 Å². The van der Waals surface area contributed by atoms with Crippen LogP contribution in [-0.4, -0.2) is 69.0 Å². The van der Waals surface area contributed by atoms with E-state index in [9.17, 15) is 19.5 Å². The van der Waals surface area contributed by atoms with Crippen LogP contribution in [0, 0.1) is 17.8 Å². The molecule has 0 aromatic heterocycles. The summed E-state index contributed by atoms with van der Waals surface area (Å²) in [6.07, 6.45) is 6.93. The van der Waals surface area contributed by atoms with Crippen molar-refractivity contribution in [3.8, 4) is 0 Å². The maximum absolute atomic E-state index is 13.9. The van der Waals surface area contributed by atoms with Crippen LogP contribution in [-0.2, 0) is 14.4 Å². The summed E-state index contributed by atoms with van der Waals surface area (Å²) in [5, 5.41) is 16.2. The normalized spacial score (nSPS) is 38.5. The highest BCUT2D eigenvalue weighted by atomic mass is 32.2. The number of carbonyl (C=O) groups is 3. The molecule has 2 unspecified atom stereocenters. The second-order valence-electron chi connectivity index (χ2n) is 10.4. The molecule has 0 aromatic carbocycles. The van der Waals surface area contributed by atoms with Crippen LogP contribution in [0.2, 0.25) is 0 Å². The summed E-state index contributed by atoms with van der Waals surface area (Å²) in [6.45, 7) is 5.83. The fourth-order valence-corrected chi connectivity index (χ4v) is 9.07. The van der Waals surface area contributed by atoms with Crippen LogP contribution >= 0.6 is 11.8 Å². The van der Waals surface area contributed by atoms with Crippen LogP contribution in [0.15, 0.2) is 0 Å².